The molecule has 0 aliphatic carbocycles. The van der Waals surface area contributed by atoms with Gasteiger partial charge in [0.15, 0.2) is 0 Å². The Morgan fingerprint density at radius 2 is 2.00 bits per heavy atom. The van der Waals surface area contributed by atoms with Crippen LogP contribution in [0.1, 0.15) is 40.5 Å². The highest BCUT2D eigenvalue weighted by atomic mass is 19.1. The molecule has 0 bridgehead atoms. The van der Waals surface area contributed by atoms with Gasteiger partial charge in [-0.15, -0.1) is 0 Å². The van der Waals surface area contributed by atoms with E-state index in [1.807, 2.05) is 0 Å². The summed E-state index contributed by atoms with van der Waals surface area (Å²) in [7, 11) is 0. The van der Waals surface area contributed by atoms with Crippen LogP contribution in [0.2, 0.25) is 0 Å². The quantitative estimate of drug-likeness (QED) is 0.593. The van der Waals surface area contributed by atoms with Crippen molar-refractivity contribution in [1.29, 1.82) is 0 Å². The summed E-state index contributed by atoms with van der Waals surface area (Å²) < 4.78 is 13.4. The van der Waals surface area contributed by atoms with Gasteiger partial charge in [-0.1, -0.05) is 20.8 Å². The molecule has 12 heavy (non-hydrogen) atoms. The topological polar surface area (TPSA) is 12.0 Å². The lowest BCUT2D eigenvalue weighted by atomic mass is 9.79. The molecular formula is C10H20FN. The van der Waals surface area contributed by atoms with Gasteiger partial charge < -0.3 is 5.32 Å². The summed E-state index contributed by atoms with van der Waals surface area (Å²) in [6.07, 6.45) is 1.65. The molecule has 1 fully saturated rings. The lowest BCUT2D eigenvalue weighted by Gasteiger charge is -2.39. The van der Waals surface area contributed by atoms with Crippen LogP contribution in [0.15, 0.2) is 0 Å². The van der Waals surface area contributed by atoms with E-state index < -0.39 is 5.67 Å². The van der Waals surface area contributed by atoms with E-state index in [9.17, 15) is 4.39 Å². The maximum absolute atomic E-state index is 13.4. The highest BCUT2D eigenvalue weighted by Gasteiger charge is 2.35. The number of hydrogen-bond acceptors (Lipinski definition) is 1. The van der Waals surface area contributed by atoms with Gasteiger partial charge in [0.25, 0.3) is 0 Å². The lowest BCUT2D eigenvalue weighted by Crippen LogP contribution is -2.51. The SMILES string of the molecule is CC1(F)CCC(C(C)(C)C)NC1. The summed E-state index contributed by atoms with van der Waals surface area (Å²) in [5.74, 6) is 0. The molecule has 1 saturated heterocycles. The minimum atomic E-state index is -0.984. The first-order valence-corrected chi connectivity index (χ1v) is 4.74. The zero-order chi connectivity index (χ0) is 9.41. The summed E-state index contributed by atoms with van der Waals surface area (Å²) in [5, 5.41) is 3.27. The molecule has 0 aromatic rings. The third-order valence-electron chi connectivity index (χ3n) is 2.72. The molecule has 0 amide bonds. The van der Waals surface area contributed by atoms with E-state index in [-0.39, 0.29) is 5.41 Å². The Balaban J connectivity index is 2.47. The molecule has 1 aliphatic rings. The summed E-state index contributed by atoms with van der Waals surface area (Å²) in [5.41, 5.74) is -0.724. The van der Waals surface area contributed by atoms with Gasteiger partial charge >= 0.3 is 0 Å². The summed E-state index contributed by atoms with van der Waals surface area (Å²) in [6.45, 7) is 8.79. The van der Waals surface area contributed by atoms with Crippen molar-refractivity contribution in [3.8, 4) is 0 Å². The van der Waals surface area contributed by atoms with E-state index in [0.717, 1.165) is 6.42 Å². The van der Waals surface area contributed by atoms with Crippen LogP contribution in [0, 0.1) is 5.41 Å². The molecule has 1 N–H and O–H groups in total. The standard InChI is InChI=1S/C10H20FN/c1-9(2,3)8-5-6-10(4,11)7-12-8/h8,12H,5-7H2,1-4H3. The zero-order valence-electron chi connectivity index (χ0n) is 8.58. The molecule has 2 atom stereocenters. The first kappa shape index (κ1) is 9.97. The van der Waals surface area contributed by atoms with Crippen molar-refractivity contribution in [2.45, 2.75) is 52.2 Å². The number of hydrogen-bond donors (Lipinski definition) is 1. The fourth-order valence-corrected chi connectivity index (χ4v) is 1.71. The Labute approximate surface area is 74.7 Å². The Kier molecular flexibility index (Phi) is 2.48. The number of rotatable bonds is 0. The van der Waals surface area contributed by atoms with Crippen LogP contribution >= 0.6 is 0 Å². The van der Waals surface area contributed by atoms with Crippen molar-refractivity contribution in [1.82, 2.24) is 5.32 Å². The van der Waals surface area contributed by atoms with Gasteiger partial charge in [0.1, 0.15) is 5.67 Å². The fourth-order valence-electron chi connectivity index (χ4n) is 1.71. The molecule has 0 aromatic carbocycles. The Bertz CT molecular complexity index is 148. The summed E-state index contributed by atoms with van der Waals surface area (Å²) in [4.78, 5) is 0. The third kappa shape index (κ3) is 2.44. The molecule has 0 spiro atoms. The predicted octanol–water partition coefficient (Wildman–Crippen LogP) is 2.51. The minimum absolute atomic E-state index is 0.260. The first-order valence-electron chi connectivity index (χ1n) is 4.74. The van der Waals surface area contributed by atoms with Crippen molar-refractivity contribution >= 4 is 0 Å². The molecule has 2 unspecified atom stereocenters. The number of piperidine rings is 1. The van der Waals surface area contributed by atoms with E-state index >= 15 is 0 Å². The average molecular weight is 173 g/mol. The number of alkyl halides is 1. The van der Waals surface area contributed by atoms with Gasteiger partial charge in [-0.2, -0.15) is 0 Å². The van der Waals surface area contributed by atoms with Crippen LogP contribution in [0.5, 0.6) is 0 Å². The molecule has 2 heteroatoms. The Morgan fingerprint density at radius 1 is 1.42 bits per heavy atom. The van der Waals surface area contributed by atoms with Gasteiger partial charge in [0.2, 0.25) is 0 Å². The molecule has 1 aliphatic heterocycles. The van der Waals surface area contributed by atoms with Gasteiger partial charge in [0.05, 0.1) is 0 Å². The van der Waals surface area contributed by atoms with E-state index in [0.29, 0.717) is 19.0 Å². The van der Waals surface area contributed by atoms with Crippen molar-refractivity contribution in [2.75, 3.05) is 6.54 Å². The maximum Gasteiger partial charge on any atom is 0.120 e. The smallest absolute Gasteiger partial charge is 0.120 e. The van der Waals surface area contributed by atoms with E-state index in [1.165, 1.54) is 0 Å². The molecule has 0 saturated carbocycles. The monoisotopic (exact) mass is 173 g/mol. The highest BCUT2D eigenvalue weighted by Crippen LogP contribution is 2.30. The van der Waals surface area contributed by atoms with Crippen LogP contribution in [0.3, 0.4) is 0 Å². The summed E-state index contributed by atoms with van der Waals surface area (Å²) >= 11 is 0. The average Bonchev–Trinajstić information content (AvgIpc) is 1.83. The van der Waals surface area contributed by atoms with Crippen LogP contribution in [-0.4, -0.2) is 18.3 Å². The normalized spacial score (nSPS) is 38.2. The van der Waals surface area contributed by atoms with Crippen molar-refractivity contribution < 1.29 is 4.39 Å². The highest BCUT2D eigenvalue weighted by molar-refractivity contribution is 4.91. The van der Waals surface area contributed by atoms with Crippen LogP contribution in [0.4, 0.5) is 4.39 Å². The van der Waals surface area contributed by atoms with Crippen molar-refractivity contribution in [3.63, 3.8) is 0 Å². The Morgan fingerprint density at radius 3 is 2.33 bits per heavy atom. The van der Waals surface area contributed by atoms with E-state index in [1.54, 1.807) is 6.92 Å². The fraction of sp³-hybridized carbons (Fsp3) is 1.00. The van der Waals surface area contributed by atoms with Gasteiger partial charge in [-0.3, -0.25) is 0 Å². The summed E-state index contributed by atoms with van der Waals surface area (Å²) in [6, 6.07) is 0.473. The van der Waals surface area contributed by atoms with Crippen molar-refractivity contribution in [3.05, 3.63) is 0 Å². The molecule has 0 aromatic heterocycles. The van der Waals surface area contributed by atoms with E-state index in [2.05, 4.69) is 26.1 Å². The lowest BCUT2D eigenvalue weighted by molar-refractivity contribution is 0.0922. The molecular weight excluding hydrogens is 153 g/mol. The van der Waals surface area contributed by atoms with Gasteiger partial charge in [0, 0.05) is 12.6 Å². The molecule has 1 heterocycles. The predicted molar refractivity (Wildman–Crippen MR) is 50.0 cm³/mol. The number of nitrogens with one attached hydrogen (secondary N) is 1. The van der Waals surface area contributed by atoms with Crippen molar-refractivity contribution in [2.24, 2.45) is 5.41 Å². The Hall–Kier alpha value is -0.110. The second-order valence-electron chi connectivity index (χ2n) is 5.25. The molecule has 1 rings (SSSR count). The molecule has 1 nitrogen and oxygen atoms in total. The van der Waals surface area contributed by atoms with Gasteiger partial charge in [-0.05, 0) is 25.2 Å². The van der Waals surface area contributed by atoms with Gasteiger partial charge in [-0.25, -0.2) is 4.39 Å². The first-order chi connectivity index (χ1) is 5.31. The second-order valence-corrected chi connectivity index (χ2v) is 5.25. The number of halogens is 1. The molecule has 72 valence electrons. The van der Waals surface area contributed by atoms with Crippen LogP contribution in [-0.2, 0) is 0 Å². The minimum Gasteiger partial charge on any atom is -0.310 e. The van der Waals surface area contributed by atoms with Crippen LogP contribution < -0.4 is 5.32 Å². The maximum atomic E-state index is 13.4. The molecule has 0 radical (unpaired) electrons. The van der Waals surface area contributed by atoms with E-state index in [4.69, 9.17) is 0 Å². The largest absolute Gasteiger partial charge is 0.310 e. The van der Waals surface area contributed by atoms with Crippen LogP contribution in [0.25, 0.3) is 0 Å². The second kappa shape index (κ2) is 2.99. The third-order valence-corrected chi connectivity index (χ3v) is 2.72. The zero-order valence-corrected chi connectivity index (χ0v) is 8.58.